The molecule has 0 atom stereocenters. The van der Waals surface area contributed by atoms with Gasteiger partial charge in [-0.1, -0.05) is 23.7 Å². The molecule has 2 aromatic rings. The molecule has 0 aliphatic rings. The molecular weight excluding hydrogens is 322 g/mol. The molecular formula is C17H11ClF2N2O. The molecule has 0 spiro atoms. The number of nitrogens with one attached hydrogen (secondary N) is 1. The minimum Gasteiger partial charge on any atom is -0.321 e. The van der Waals surface area contributed by atoms with Crippen molar-refractivity contribution in [2.45, 2.75) is 6.92 Å². The standard InChI is InChI=1S/C17H11ClF2N2O/c1-10-5-6-12(18)8-16(10)22-17(23)11(9-21)7-13-14(19)3-2-4-15(13)20/h2-8H,1H3,(H,22,23)/b11-7+. The maximum absolute atomic E-state index is 13.6. The average molecular weight is 333 g/mol. The van der Waals surface area contributed by atoms with E-state index < -0.39 is 28.7 Å². The van der Waals surface area contributed by atoms with Gasteiger partial charge in [-0.3, -0.25) is 4.79 Å². The van der Waals surface area contributed by atoms with Crippen LogP contribution >= 0.6 is 11.6 Å². The van der Waals surface area contributed by atoms with E-state index in [4.69, 9.17) is 16.9 Å². The second-order valence-electron chi connectivity index (χ2n) is 4.72. The van der Waals surface area contributed by atoms with Gasteiger partial charge in [0.2, 0.25) is 0 Å². The number of hydrogen-bond acceptors (Lipinski definition) is 2. The quantitative estimate of drug-likeness (QED) is 0.666. The van der Waals surface area contributed by atoms with E-state index in [1.54, 1.807) is 25.1 Å². The first-order valence-corrected chi connectivity index (χ1v) is 6.93. The van der Waals surface area contributed by atoms with Crippen LogP contribution < -0.4 is 5.32 Å². The summed E-state index contributed by atoms with van der Waals surface area (Å²) in [6, 6.07) is 9.80. The van der Waals surface area contributed by atoms with Crippen molar-refractivity contribution in [1.29, 1.82) is 5.26 Å². The van der Waals surface area contributed by atoms with E-state index in [2.05, 4.69) is 5.32 Å². The predicted molar refractivity (Wildman–Crippen MR) is 84.8 cm³/mol. The molecule has 6 heteroatoms. The van der Waals surface area contributed by atoms with Crippen LogP contribution in [-0.4, -0.2) is 5.91 Å². The molecule has 0 aliphatic heterocycles. The number of anilines is 1. The van der Waals surface area contributed by atoms with Crippen molar-refractivity contribution in [3.8, 4) is 6.07 Å². The molecule has 0 fully saturated rings. The third kappa shape index (κ3) is 3.93. The zero-order chi connectivity index (χ0) is 17.0. The molecule has 1 N–H and O–H groups in total. The highest BCUT2D eigenvalue weighted by Gasteiger charge is 2.14. The molecule has 0 aliphatic carbocycles. The number of carbonyl (C=O) groups is 1. The zero-order valence-corrected chi connectivity index (χ0v) is 12.8. The van der Waals surface area contributed by atoms with Crippen molar-refractivity contribution in [1.82, 2.24) is 0 Å². The minimum absolute atomic E-state index is 0.411. The van der Waals surface area contributed by atoms with E-state index in [9.17, 15) is 13.6 Å². The molecule has 0 saturated heterocycles. The predicted octanol–water partition coefficient (Wildman–Crippen LogP) is 4.47. The molecule has 0 unspecified atom stereocenters. The number of rotatable bonds is 3. The number of benzene rings is 2. The van der Waals surface area contributed by atoms with Gasteiger partial charge in [0.15, 0.2) is 0 Å². The number of amides is 1. The number of nitrogens with zero attached hydrogens (tertiary/aromatic N) is 1. The molecule has 2 aromatic carbocycles. The first-order chi connectivity index (χ1) is 10.9. The molecule has 0 heterocycles. The fourth-order valence-electron chi connectivity index (χ4n) is 1.86. The molecule has 0 bridgehead atoms. The fraction of sp³-hybridized carbons (Fsp3) is 0.0588. The molecule has 2 rings (SSSR count). The van der Waals surface area contributed by atoms with E-state index in [1.165, 1.54) is 12.1 Å². The fourth-order valence-corrected chi connectivity index (χ4v) is 2.03. The summed E-state index contributed by atoms with van der Waals surface area (Å²) in [4.78, 5) is 12.1. The lowest BCUT2D eigenvalue weighted by atomic mass is 10.1. The Kier molecular flexibility index (Phi) is 5.09. The van der Waals surface area contributed by atoms with Crippen LogP contribution in [0.1, 0.15) is 11.1 Å². The molecule has 0 saturated carbocycles. The molecule has 3 nitrogen and oxygen atoms in total. The van der Waals surface area contributed by atoms with Crippen LogP contribution in [0, 0.1) is 29.9 Å². The normalized spacial score (nSPS) is 11.0. The van der Waals surface area contributed by atoms with Gasteiger partial charge >= 0.3 is 0 Å². The summed E-state index contributed by atoms with van der Waals surface area (Å²) in [5.74, 6) is -2.49. The van der Waals surface area contributed by atoms with Crippen LogP contribution in [0.3, 0.4) is 0 Å². The van der Waals surface area contributed by atoms with Crippen molar-refractivity contribution >= 4 is 29.3 Å². The number of hydrogen-bond donors (Lipinski definition) is 1. The lowest BCUT2D eigenvalue weighted by Gasteiger charge is -2.08. The SMILES string of the molecule is Cc1ccc(Cl)cc1NC(=O)/C(C#N)=C/c1c(F)cccc1F. The van der Waals surface area contributed by atoms with Crippen LogP contribution in [0.5, 0.6) is 0 Å². The van der Waals surface area contributed by atoms with Crippen LogP contribution in [0.4, 0.5) is 14.5 Å². The summed E-state index contributed by atoms with van der Waals surface area (Å²) < 4.78 is 27.2. The first kappa shape index (κ1) is 16.7. The van der Waals surface area contributed by atoms with Crippen LogP contribution in [0.25, 0.3) is 6.08 Å². The van der Waals surface area contributed by atoms with Gasteiger partial charge in [0.05, 0.1) is 0 Å². The van der Waals surface area contributed by atoms with Gasteiger partial charge < -0.3 is 5.32 Å². The Morgan fingerprint density at radius 2 is 1.91 bits per heavy atom. The van der Waals surface area contributed by atoms with E-state index in [0.29, 0.717) is 10.7 Å². The largest absolute Gasteiger partial charge is 0.321 e. The number of halogens is 3. The van der Waals surface area contributed by atoms with Gasteiger partial charge in [-0.25, -0.2) is 8.78 Å². The Balaban J connectivity index is 2.34. The minimum atomic E-state index is -0.857. The lowest BCUT2D eigenvalue weighted by molar-refractivity contribution is -0.112. The summed E-state index contributed by atoms with van der Waals surface area (Å²) in [6.07, 6.45) is 0.875. The van der Waals surface area contributed by atoms with Gasteiger partial charge in [-0.2, -0.15) is 5.26 Å². The molecule has 23 heavy (non-hydrogen) atoms. The Bertz CT molecular complexity index is 821. The van der Waals surface area contributed by atoms with Crippen molar-refractivity contribution < 1.29 is 13.6 Å². The number of aryl methyl sites for hydroxylation is 1. The maximum atomic E-state index is 13.6. The average Bonchev–Trinajstić information content (AvgIpc) is 2.50. The summed E-state index contributed by atoms with van der Waals surface area (Å²) in [5.41, 5.74) is 0.283. The maximum Gasteiger partial charge on any atom is 0.266 e. The highest BCUT2D eigenvalue weighted by molar-refractivity contribution is 6.31. The Morgan fingerprint density at radius 3 is 2.52 bits per heavy atom. The zero-order valence-electron chi connectivity index (χ0n) is 12.0. The number of nitriles is 1. The number of carbonyl (C=O) groups excluding carboxylic acids is 1. The topological polar surface area (TPSA) is 52.9 Å². The van der Waals surface area contributed by atoms with E-state index in [-0.39, 0.29) is 0 Å². The van der Waals surface area contributed by atoms with E-state index in [1.807, 2.05) is 0 Å². The van der Waals surface area contributed by atoms with Gasteiger partial charge in [-0.05, 0) is 42.8 Å². The van der Waals surface area contributed by atoms with E-state index >= 15 is 0 Å². The summed E-state index contributed by atoms with van der Waals surface area (Å²) in [7, 11) is 0. The van der Waals surface area contributed by atoms with E-state index in [0.717, 1.165) is 23.8 Å². The first-order valence-electron chi connectivity index (χ1n) is 6.55. The molecule has 0 aromatic heterocycles. The van der Waals surface area contributed by atoms with Gasteiger partial charge in [-0.15, -0.1) is 0 Å². The van der Waals surface area contributed by atoms with Gasteiger partial charge in [0, 0.05) is 16.3 Å². The van der Waals surface area contributed by atoms with Crippen LogP contribution in [0.2, 0.25) is 5.02 Å². The lowest BCUT2D eigenvalue weighted by Crippen LogP contribution is -2.14. The highest BCUT2D eigenvalue weighted by Crippen LogP contribution is 2.21. The summed E-state index contributed by atoms with van der Waals surface area (Å²) >= 11 is 5.85. The van der Waals surface area contributed by atoms with Crippen LogP contribution in [0.15, 0.2) is 42.0 Å². The second kappa shape index (κ2) is 7.03. The summed E-state index contributed by atoms with van der Waals surface area (Å²) in [6.45, 7) is 1.75. The Hall–Kier alpha value is -2.71. The molecule has 1 amide bonds. The Labute approximate surface area is 136 Å². The van der Waals surface area contributed by atoms with Gasteiger partial charge in [0.1, 0.15) is 23.3 Å². The van der Waals surface area contributed by atoms with Crippen molar-refractivity contribution in [3.05, 3.63) is 69.8 Å². The smallest absolute Gasteiger partial charge is 0.266 e. The highest BCUT2D eigenvalue weighted by atomic mass is 35.5. The summed E-state index contributed by atoms with van der Waals surface area (Å²) in [5, 5.41) is 12.0. The molecule has 0 radical (unpaired) electrons. The molecule has 116 valence electrons. The second-order valence-corrected chi connectivity index (χ2v) is 5.15. The monoisotopic (exact) mass is 332 g/mol. The van der Waals surface area contributed by atoms with Crippen molar-refractivity contribution in [2.75, 3.05) is 5.32 Å². The van der Waals surface area contributed by atoms with Crippen molar-refractivity contribution in [3.63, 3.8) is 0 Å². The third-order valence-electron chi connectivity index (χ3n) is 3.10. The van der Waals surface area contributed by atoms with Crippen molar-refractivity contribution in [2.24, 2.45) is 0 Å². The van der Waals surface area contributed by atoms with Crippen LogP contribution in [-0.2, 0) is 4.79 Å². The Morgan fingerprint density at radius 1 is 1.26 bits per heavy atom. The van der Waals surface area contributed by atoms with Gasteiger partial charge in [0.25, 0.3) is 5.91 Å². The third-order valence-corrected chi connectivity index (χ3v) is 3.34.